The Labute approximate surface area is 87.2 Å². The van der Waals surface area contributed by atoms with Crippen molar-refractivity contribution in [1.82, 2.24) is 0 Å². The first-order chi connectivity index (χ1) is 7.41. The minimum absolute atomic E-state index is 0.515. The fourth-order valence-corrected chi connectivity index (χ4v) is 0.997. The smallest absolute Gasteiger partial charge is 0.387 e. The molecule has 0 radical (unpaired) electrons. The van der Waals surface area contributed by atoms with Gasteiger partial charge in [-0.25, -0.2) is 4.79 Å². The van der Waals surface area contributed by atoms with E-state index in [0.29, 0.717) is 6.07 Å². The molecule has 86 valence electrons. The maximum atomic E-state index is 11.9. The van der Waals surface area contributed by atoms with Crippen molar-refractivity contribution in [3.05, 3.63) is 33.9 Å². The monoisotopic (exact) mass is 233 g/mol. The van der Waals surface area contributed by atoms with Crippen LogP contribution in [0.5, 0.6) is 5.75 Å². The van der Waals surface area contributed by atoms with Gasteiger partial charge in [-0.2, -0.15) is 8.78 Å². The molecule has 0 aliphatic carbocycles. The number of non-ortho nitro benzene ring substituents is 1. The van der Waals surface area contributed by atoms with Crippen LogP contribution in [0.1, 0.15) is 10.4 Å². The van der Waals surface area contributed by atoms with E-state index >= 15 is 0 Å². The molecule has 0 aliphatic heterocycles. The molecule has 6 nitrogen and oxygen atoms in total. The van der Waals surface area contributed by atoms with Crippen LogP contribution in [0.3, 0.4) is 0 Å². The highest BCUT2D eigenvalue weighted by molar-refractivity contribution is 5.91. The van der Waals surface area contributed by atoms with Gasteiger partial charge in [0.25, 0.3) is 5.69 Å². The summed E-state index contributed by atoms with van der Waals surface area (Å²) in [7, 11) is 0. The van der Waals surface area contributed by atoms with Gasteiger partial charge in [-0.1, -0.05) is 0 Å². The lowest BCUT2D eigenvalue weighted by Crippen LogP contribution is -2.08. The second-order valence-corrected chi connectivity index (χ2v) is 2.62. The van der Waals surface area contributed by atoms with Crippen molar-refractivity contribution in [3.63, 3.8) is 0 Å². The normalized spacial score (nSPS) is 10.2. The van der Waals surface area contributed by atoms with Crippen molar-refractivity contribution in [2.75, 3.05) is 0 Å². The fourth-order valence-electron chi connectivity index (χ4n) is 0.997. The molecule has 0 aromatic heterocycles. The number of aromatic carboxylic acids is 1. The van der Waals surface area contributed by atoms with Crippen LogP contribution >= 0.6 is 0 Å². The molecule has 0 aliphatic rings. The Balaban J connectivity index is 3.19. The van der Waals surface area contributed by atoms with E-state index in [-0.39, 0.29) is 0 Å². The number of halogens is 2. The lowest BCUT2D eigenvalue weighted by molar-refractivity contribution is -0.384. The largest absolute Gasteiger partial charge is 0.478 e. The van der Waals surface area contributed by atoms with Gasteiger partial charge in [0, 0.05) is 12.1 Å². The van der Waals surface area contributed by atoms with Crippen molar-refractivity contribution in [2.24, 2.45) is 0 Å². The molecule has 0 atom stereocenters. The summed E-state index contributed by atoms with van der Waals surface area (Å²) in [5.41, 5.74) is -1.20. The number of carboxylic acid groups (broad SMARTS) is 1. The highest BCUT2D eigenvalue weighted by Crippen LogP contribution is 2.25. The highest BCUT2D eigenvalue weighted by atomic mass is 19.3. The van der Waals surface area contributed by atoms with Crippen LogP contribution in [0.15, 0.2) is 18.2 Å². The first kappa shape index (κ1) is 11.8. The molecule has 0 saturated heterocycles. The number of benzene rings is 1. The van der Waals surface area contributed by atoms with Gasteiger partial charge in [0.15, 0.2) is 0 Å². The Morgan fingerprint density at radius 3 is 2.56 bits per heavy atom. The third-order valence-electron chi connectivity index (χ3n) is 1.62. The molecule has 0 saturated carbocycles. The van der Waals surface area contributed by atoms with Gasteiger partial charge in [-0.3, -0.25) is 10.1 Å². The number of carboxylic acids is 1. The summed E-state index contributed by atoms with van der Waals surface area (Å²) in [6, 6.07) is 2.35. The molecule has 0 unspecified atom stereocenters. The van der Waals surface area contributed by atoms with Crippen molar-refractivity contribution in [1.29, 1.82) is 0 Å². The Morgan fingerprint density at radius 1 is 1.50 bits per heavy atom. The van der Waals surface area contributed by atoms with E-state index in [1.807, 2.05) is 0 Å². The van der Waals surface area contributed by atoms with Gasteiger partial charge in [-0.15, -0.1) is 0 Å². The van der Waals surface area contributed by atoms with Crippen molar-refractivity contribution in [2.45, 2.75) is 6.61 Å². The molecule has 1 aromatic rings. The predicted molar refractivity (Wildman–Crippen MR) is 46.7 cm³/mol. The molecular formula is C8H5F2NO5. The molecule has 0 spiro atoms. The maximum absolute atomic E-state index is 11.9. The van der Waals surface area contributed by atoms with E-state index in [9.17, 15) is 23.7 Å². The van der Waals surface area contributed by atoms with Gasteiger partial charge in [-0.05, 0) is 6.07 Å². The zero-order valence-electron chi connectivity index (χ0n) is 7.59. The van der Waals surface area contributed by atoms with Gasteiger partial charge in [0.1, 0.15) is 11.3 Å². The van der Waals surface area contributed by atoms with E-state index in [1.165, 1.54) is 0 Å². The van der Waals surface area contributed by atoms with Crippen LogP contribution in [0.2, 0.25) is 0 Å². The second-order valence-electron chi connectivity index (χ2n) is 2.62. The predicted octanol–water partition coefficient (Wildman–Crippen LogP) is 1.89. The Hall–Kier alpha value is -2.25. The van der Waals surface area contributed by atoms with E-state index in [2.05, 4.69) is 4.74 Å². The minimum Gasteiger partial charge on any atom is -0.478 e. The fraction of sp³-hybridized carbons (Fsp3) is 0.125. The van der Waals surface area contributed by atoms with Crippen molar-refractivity contribution in [3.8, 4) is 5.75 Å². The van der Waals surface area contributed by atoms with Crippen LogP contribution in [0, 0.1) is 10.1 Å². The summed E-state index contributed by atoms with van der Waals surface area (Å²) in [4.78, 5) is 20.1. The molecule has 8 heteroatoms. The first-order valence-electron chi connectivity index (χ1n) is 3.88. The quantitative estimate of drug-likeness (QED) is 0.633. The summed E-state index contributed by atoms with van der Waals surface area (Å²) in [5.74, 6) is -2.20. The van der Waals surface area contributed by atoms with Crippen LogP contribution in [0.4, 0.5) is 14.5 Å². The third kappa shape index (κ3) is 2.62. The average Bonchev–Trinajstić information content (AvgIpc) is 2.16. The molecule has 0 fully saturated rings. The number of nitro benzene ring substituents is 1. The Morgan fingerprint density at radius 2 is 2.12 bits per heavy atom. The topological polar surface area (TPSA) is 89.7 Å². The van der Waals surface area contributed by atoms with Crippen LogP contribution in [-0.2, 0) is 0 Å². The molecule has 1 N–H and O–H groups in total. The summed E-state index contributed by atoms with van der Waals surface area (Å²) in [6.45, 7) is -3.19. The molecule has 0 bridgehead atoms. The molecule has 1 aromatic carbocycles. The van der Waals surface area contributed by atoms with Crippen LogP contribution in [0.25, 0.3) is 0 Å². The van der Waals surface area contributed by atoms with E-state index < -0.39 is 34.5 Å². The first-order valence-corrected chi connectivity index (χ1v) is 3.88. The lowest BCUT2D eigenvalue weighted by atomic mass is 10.2. The van der Waals surface area contributed by atoms with Gasteiger partial charge < -0.3 is 9.84 Å². The molecule has 0 amide bonds. The van der Waals surface area contributed by atoms with E-state index in [1.54, 1.807) is 0 Å². The minimum atomic E-state index is -3.19. The number of nitro groups is 1. The number of hydrogen-bond acceptors (Lipinski definition) is 4. The lowest BCUT2D eigenvalue weighted by Gasteiger charge is -2.06. The number of carbonyl (C=O) groups is 1. The van der Waals surface area contributed by atoms with Crippen molar-refractivity contribution < 1.29 is 28.3 Å². The van der Waals surface area contributed by atoms with Crippen molar-refractivity contribution >= 4 is 11.7 Å². The van der Waals surface area contributed by atoms with Gasteiger partial charge >= 0.3 is 12.6 Å². The summed E-state index contributed by atoms with van der Waals surface area (Å²) >= 11 is 0. The average molecular weight is 233 g/mol. The van der Waals surface area contributed by atoms with Gasteiger partial charge in [0.2, 0.25) is 0 Å². The molecular weight excluding hydrogens is 228 g/mol. The molecule has 16 heavy (non-hydrogen) atoms. The SMILES string of the molecule is O=C(O)c1cc([N+](=O)[O-])ccc1OC(F)F. The Bertz CT molecular complexity index is 434. The number of hydrogen-bond donors (Lipinski definition) is 1. The summed E-state index contributed by atoms with van der Waals surface area (Å²) in [5, 5.41) is 19.0. The Kier molecular flexibility index (Phi) is 3.33. The van der Waals surface area contributed by atoms with Gasteiger partial charge in [0.05, 0.1) is 4.92 Å². The zero-order chi connectivity index (χ0) is 12.3. The van der Waals surface area contributed by atoms with Crippen LogP contribution in [-0.4, -0.2) is 22.6 Å². The van der Waals surface area contributed by atoms with E-state index in [0.717, 1.165) is 12.1 Å². The third-order valence-corrected chi connectivity index (χ3v) is 1.62. The van der Waals surface area contributed by atoms with E-state index in [4.69, 9.17) is 5.11 Å². The standard InChI is InChI=1S/C8H5F2NO5/c9-8(10)16-6-2-1-4(11(14)15)3-5(6)7(12)13/h1-3,8H,(H,12,13). The number of rotatable bonds is 4. The number of alkyl halides is 2. The van der Waals surface area contributed by atoms with Crippen LogP contribution < -0.4 is 4.74 Å². The molecule has 0 heterocycles. The maximum Gasteiger partial charge on any atom is 0.387 e. The summed E-state index contributed by atoms with van der Waals surface area (Å²) in [6.07, 6.45) is 0. The molecule has 1 rings (SSSR count). The number of nitrogens with zero attached hydrogens (tertiary/aromatic N) is 1. The summed E-state index contributed by atoms with van der Waals surface area (Å²) < 4.78 is 27.7. The second kappa shape index (κ2) is 4.51. The zero-order valence-corrected chi connectivity index (χ0v) is 7.59. The highest BCUT2D eigenvalue weighted by Gasteiger charge is 2.19. The number of ether oxygens (including phenoxy) is 1.